The molecule has 0 N–H and O–H groups in total. The Balaban J connectivity index is 1.39. The molecule has 0 aromatic heterocycles. The Morgan fingerprint density at radius 3 is 2.45 bits per heavy atom. The number of cyclic esters (lactones) is 1. The predicted molar refractivity (Wildman–Crippen MR) is 122 cm³/mol. The summed E-state index contributed by atoms with van der Waals surface area (Å²) in [7, 11) is 0. The Bertz CT molecular complexity index is 806. The van der Waals surface area contributed by atoms with Crippen LogP contribution in [0.5, 0.6) is 0 Å². The van der Waals surface area contributed by atoms with Crippen LogP contribution in [0, 0.1) is 40.4 Å². The van der Waals surface area contributed by atoms with Crippen LogP contribution in [0.3, 0.4) is 0 Å². The molecule has 0 radical (unpaired) electrons. The minimum absolute atomic E-state index is 0.0274. The lowest BCUT2D eigenvalue weighted by molar-refractivity contribution is -0.162. The van der Waals surface area contributed by atoms with Crippen molar-refractivity contribution in [3.63, 3.8) is 0 Å². The largest absolute Gasteiger partial charge is 0.465 e. The van der Waals surface area contributed by atoms with Crippen molar-refractivity contribution < 1.29 is 28.5 Å². The molecule has 0 aromatic carbocycles. The van der Waals surface area contributed by atoms with Crippen LogP contribution in [-0.2, 0) is 28.5 Å². The lowest BCUT2D eigenvalue weighted by Gasteiger charge is -2.54. The SMILES string of the molecule is CC(C)CC(=O)O[C@H]1CC[C@H]2[C@@H]3COC(=O)[C@H]4C[C@@H]5OC(C)(C)O[C@@H]5C[C@]4(C)[C@H]3CC[C@]12C. The Hall–Kier alpha value is -1.14. The summed E-state index contributed by atoms with van der Waals surface area (Å²) in [6.45, 7) is 13.2. The number of rotatable bonds is 3. The first-order chi connectivity index (χ1) is 15.4. The number of hydrogen-bond acceptors (Lipinski definition) is 6. The number of esters is 2. The van der Waals surface area contributed by atoms with Crippen molar-refractivity contribution in [1.82, 2.24) is 0 Å². The maximum Gasteiger partial charge on any atom is 0.309 e. The Labute approximate surface area is 198 Å². The molecule has 6 heteroatoms. The quantitative estimate of drug-likeness (QED) is 0.557. The Morgan fingerprint density at radius 1 is 1.03 bits per heavy atom. The van der Waals surface area contributed by atoms with Crippen molar-refractivity contribution >= 4 is 11.9 Å². The molecule has 186 valence electrons. The lowest BCUT2D eigenvalue weighted by atomic mass is 9.49. The summed E-state index contributed by atoms with van der Waals surface area (Å²) >= 11 is 0. The van der Waals surface area contributed by atoms with Crippen LogP contribution in [-0.4, -0.2) is 42.6 Å². The molecular weight excluding hydrogens is 420 g/mol. The monoisotopic (exact) mass is 462 g/mol. The molecule has 0 amide bonds. The minimum atomic E-state index is -0.595. The van der Waals surface area contributed by atoms with Crippen LogP contribution >= 0.6 is 0 Å². The van der Waals surface area contributed by atoms with Crippen molar-refractivity contribution in [3.8, 4) is 0 Å². The van der Waals surface area contributed by atoms with Gasteiger partial charge in [-0.2, -0.15) is 0 Å². The fraction of sp³-hybridized carbons (Fsp3) is 0.926. The smallest absolute Gasteiger partial charge is 0.309 e. The number of ether oxygens (including phenoxy) is 4. The van der Waals surface area contributed by atoms with Gasteiger partial charge in [-0.25, -0.2) is 0 Å². The third-order valence-corrected chi connectivity index (χ3v) is 9.94. The van der Waals surface area contributed by atoms with E-state index in [-0.39, 0.29) is 47.0 Å². The average Bonchev–Trinajstić information content (AvgIpc) is 3.15. The van der Waals surface area contributed by atoms with E-state index in [1.165, 1.54) is 0 Å². The van der Waals surface area contributed by atoms with Gasteiger partial charge in [0.15, 0.2) is 5.79 Å². The van der Waals surface area contributed by atoms with Crippen LogP contribution < -0.4 is 0 Å². The number of fused-ring (bicyclic) bond motifs is 6. The second kappa shape index (κ2) is 7.94. The molecule has 5 fully saturated rings. The summed E-state index contributed by atoms with van der Waals surface area (Å²) in [6.07, 6.45) is 6.01. The number of hydrogen-bond donors (Lipinski definition) is 0. The van der Waals surface area contributed by atoms with Gasteiger partial charge in [-0.05, 0) is 81.5 Å². The third kappa shape index (κ3) is 3.84. The van der Waals surface area contributed by atoms with E-state index in [4.69, 9.17) is 18.9 Å². The zero-order chi connectivity index (χ0) is 23.8. The van der Waals surface area contributed by atoms with Crippen LogP contribution in [0.15, 0.2) is 0 Å². The van der Waals surface area contributed by atoms with Crippen LogP contribution in [0.2, 0.25) is 0 Å². The lowest BCUT2D eigenvalue weighted by Crippen LogP contribution is -2.54. The van der Waals surface area contributed by atoms with E-state index in [0.717, 1.165) is 32.1 Å². The maximum atomic E-state index is 13.2. The first-order valence-electron chi connectivity index (χ1n) is 13.1. The van der Waals surface area contributed by atoms with Gasteiger partial charge in [-0.1, -0.05) is 27.7 Å². The first kappa shape index (κ1) is 23.6. The van der Waals surface area contributed by atoms with Gasteiger partial charge < -0.3 is 18.9 Å². The van der Waals surface area contributed by atoms with Crippen LogP contribution in [0.25, 0.3) is 0 Å². The minimum Gasteiger partial charge on any atom is -0.465 e. The highest BCUT2D eigenvalue weighted by molar-refractivity contribution is 5.74. The molecule has 0 unspecified atom stereocenters. The summed E-state index contributed by atoms with van der Waals surface area (Å²) in [5, 5.41) is 0. The normalized spacial score (nSPS) is 48.2. The fourth-order valence-corrected chi connectivity index (χ4v) is 8.44. The van der Waals surface area contributed by atoms with E-state index in [0.29, 0.717) is 43.1 Å². The second-order valence-electron chi connectivity index (χ2n) is 12.9. The van der Waals surface area contributed by atoms with E-state index >= 15 is 0 Å². The van der Waals surface area contributed by atoms with Crippen molar-refractivity contribution in [3.05, 3.63) is 0 Å². The molecule has 2 aliphatic heterocycles. The highest BCUT2D eigenvalue weighted by Crippen LogP contribution is 2.64. The van der Waals surface area contributed by atoms with Gasteiger partial charge in [0.25, 0.3) is 0 Å². The second-order valence-corrected chi connectivity index (χ2v) is 12.9. The maximum absolute atomic E-state index is 13.2. The zero-order valence-electron chi connectivity index (χ0n) is 21.2. The first-order valence-corrected chi connectivity index (χ1v) is 13.1. The molecule has 3 saturated carbocycles. The van der Waals surface area contributed by atoms with E-state index in [9.17, 15) is 9.59 Å². The molecule has 5 rings (SSSR count). The van der Waals surface area contributed by atoms with Crippen molar-refractivity contribution in [2.45, 2.75) is 111 Å². The third-order valence-electron chi connectivity index (χ3n) is 9.94. The van der Waals surface area contributed by atoms with Crippen LogP contribution in [0.1, 0.15) is 86.5 Å². The summed E-state index contributed by atoms with van der Waals surface area (Å²) in [5.41, 5.74) is -0.195. The summed E-state index contributed by atoms with van der Waals surface area (Å²) < 4.78 is 24.5. The van der Waals surface area contributed by atoms with Gasteiger partial charge in [0, 0.05) is 11.8 Å². The summed E-state index contributed by atoms with van der Waals surface area (Å²) in [5.74, 6) is 0.563. The van der Waals surface area contributed by atoms with E-state index in [1.54, 1.807) is 0 Å². The standard InChI is InChI=1S/C27H42O6/c1-15(2)11-23(28)31-22-8-7-17-16-14-30-24(29)19-12-20-21(33-25(3,4)32-20)13-27(19,6)18(16)9-10-26(17,22)5/h15-22H,7-14H2,1-6H3/t16-,17-,18-,19+,20-,21+,22-,26-,27+/m0/s1. The average molecular weight is 463 g/mol. The summed E-state index contributed by atoms with van der Waals surface area (Å²) in [4.78, 5) is 25.7. The highest BCUT2D eigenvalue weighted by Gasteiger charge is 2.64. The molecule has 2 heterocycles. The van der Waals surface area contributed by atoms with Crippen molar-refractivity contribution in [2.75, 3.05) is 6.61 Å². The molecule has 2 saturated heterocycles. The van der Waals surface area contributed by atoms with Crippen molar-refractivity contribution in [1.29, 1.82) is 0 Å². The van der Waals surface area contributed by atoms with Gasteiger partial charge in [-0.3, -0.25) is 9.59 Å². The molecule has 9 atom stereocenters. The van der Waals surface area contributed by atoms with Gasteiger partial charge in [0.05, 0.1) is 24.7 Å². The Kier molecular flexibility index (Phi) is 5.68. The van der Waals surface area contributed by atoms with Gasteiger partial charge >= 0.3 is 11.9 Å². The molecule has 0 bridgehead atoms. The van der Waals surface area contributed by atoms with Gasteiger partial charge in [0.2, 0.25) is 0 Å². The van der Waals surface area contributed by atoms with Crippen molar-refractivity contribution in [2.24, 2.45) is 40.4 Å². The molecular formula is C27H42O6. The summed E-state index contributed by atoms with van der Waals surface area (Å²) in [6, 6.07) is 0. The molecule has 0 aromatic rings. The molecule has 5 aliphatic rings. The predicted octanol–water partition coefficient (Wildman–Crippen LogP) is 4.88. The van der Waals surface area contributed by atoms with Gasteiger partial charge in [0.1, 0.15) is 6.10 Å². The number of carbonyl (C=O) groups excluding carboxylic acids is 2. The highest BCUT2D eigenvalue weighted by atomic mass is 16.8. The molecule has 0 spiro atoms. The molecule has 3 aliphatic carbocycles. The zero-order valence-corrected chi connectivity index (χ0v) is 21.2. The Morgan fingerprint density at radius 2 is 1.73 bits per heavy atom. The van der Waals surface area contributed by atoms with E-state index in [2.05, 4.69) is 27.7 Å². The molecule has 33 heavy (non-hydrogen) atoms. The molecule has 6 nitrogen and oxygen atoms in total. The van der Waals surface area contributed by atoms with E-state index < -0.39 is 5.79 Å². The fourth-order valence-electron chi connectivity index (χ4n) is 8.44. The van der Waals surface area contributed by atoms with E-state index in [1.807, 2.05) is 13.8 Å². The van der Waals surface area contributed by atoms with Gasteiger partial charge in [-0.15, -0.1) is 0 Å². The van der Waals surface area contributed by atoms with Crippen LogP contribution in [0.4, 0.5) is 0 Å². The number of carbonyl (C=O) groups is 2. The topological polar surface area (TPSA) is 71.1 Å².